The van der Waals surface area contributed by atoms with Crippen molar-refractivity contribution in [2.45, 2.75) is 13.1 Å². The molecule has 0 saturated carbocycles. The van der Waals surface area contributed by atoms with E-state index in [-0.39, 0.29) is 24.3 Å². The summed E-state index contributed by atoms with van der Waals surface area (Å²) in [4.78, 5) is 38.7. The molecule has 0 spiro atoms. The Labute approximate surface area is 164 Å². The summed E-state index contributed by atoms with van der Waals surface area (Å²) in [6.07, 6.45) is 1.47. The first-order valence-electron chi connectivity index (χ1n) is 8.58. The van der Waals surface area contributed by atoms with E-state index in [2.05, 4.69) is 0 Å². The van der Waals surface area contributed by atoms with Gasteiger partial charge in [-0.2, -0.15) is 0 Å². The summed E-state index contributed by atoms with van der Waals surface area (Å²) in [6.45, 7) is -0.230. The number of hydrogen-bond acceptors (Lipinski definition) is 4. The van der Waals surface area contributed by atoms with Crippen LogP contribution in [0.3, 0.4) is 0 Å². The highest BCUT2D eigenvalue weighted by molar-refractivity contribution is 6.31. The van der Waals surface area contributed by atoms with E-state index >= 15 is 0 Å². The van der Waals surface area contributed by atoms with Gasteiger partial charge in [-0.15, -0.1) is 0 Å². The molecule has 0 atom stereocenters. The smallest absolute Gasteiger partial charge is 0.332 e. The molecular weight excluding hydrogens is 380 g/mol. The Bertz CT molecular complexity index is 1270. The van der Waals surface area contributed by atoms with E-state index in [1.165, 1.54) is 16.9 Å². The van der Waals surface area contributed by atoms with Gasteiger partial charge in [-0.1, -0.05) is 41.9 Å². The number of hydrogen-bond donors (Lipinski definition) is 0. The Balaban J connectivity index is 1.90. The van der Waals surface area contributed by atoms with Gasteiger partial charge in [0, 0.05) is 10.6 Å². The summed E-state index contributed by atoms with van der Waals surface area (Å²) < 4.78 is 7.62. The molecule has 6 nitrogen and oxygen atoms in total. The standard InChI is InChI=1S/C21H15ClN2O4/c22-15-8-9-18-17(11-15)20(26)24(12-16-7-4-10-28-16)21(27)23(18)13-19(25)14-5-2-1-3-6-14/h1-11H,12-13H2. The van der Waals surface area contributed by atoms with Crippen molar-refractivity contribution in [3.8, 4) is 0 Å². The molecule has 0 saturated heterocycles. The molecule has 0 fully saturated rings. The van der Waals surface area contributed by atoms with Crippen molar-refractivity contribution in [3.63, 3.8) is 0 Å². The molecule has 2 aromatic heterocycles. The van der Waals surface area contributed by atoms with Crippen molar-refractivity contribution < 1.29 is 9.21 Å². The van der Waals surface area contributed by atoms with E-state index in [4.69, 9.17) is 16.0 Å². The number of aromatic nitrogens is 2. The number of rotatable bonds is 5. The number of ketones is 1. The first-order valence-corrected chi connectivity index (χ1v) is 8.96. The molecule has 0 N–H and O–H groups in total. The molecule has 0 aliphatic heterocycles. The van der Waals surface area contributed by atoms with E-state index in [0.29, 0.717) is 21.9 Å². The molecule has 4 aromatic rings. The number of Topliss-reactive ketones (excluding diaryl/α,β-unsaturated/α-hetero) is 1. The van der Waals surface area contributed by atoms with Crippen molar-refractivity contribution in [2.24, 2.45) is 0 Å². The minimum absolute atomic E-state index is 0.0351. The van der Waals surface area contributed by atoms with Crippen molar-refractivity contribution in [1.29, 1.82) is 0 Å². The lowest BCUT2D eigenvalue weighted by atomic mass is 10.1. The Kier molecular flexibility index (Phi) is 4.71. The number of fused-ring (bicyclic) bond motifs is 1. The summed E-state index contributed by atoms with van der Waals surface area (Å²) in [5.74, 6) is 0.226. The topological polar surface area (TPSA) is 74.2 Å². The van der Waals surface area contributed by atoms with Crippen LogP contribution in [-0.4, -0.2) is 14.9 Å². The zero-order valence-electron chi connectivity index (χ0n) is 14.7. The van der Waals surface area contributed by atoms with Gasteiger partial charge in [-0.25, -0.2) is 4.79 Å². The zero-order valence-corrected chi connectivity index (χ0v) is 15.4. The molecule has 0 aliphatic rings. The summed E-state index contributed by atoms with van der Waals surface area (Å²) in [5.41, 5.74) is -0.220. The molecule has 28 heavy (non-hydrogen) atoms. The molecule has 0 unspecified atom stereocenters. The quantitative estimate of drug-likeness (QED) is 0.486. The normalized spacial score (nSPS) is 11.0. The molecule has 0 radical (unpaired) electrons. The van der Waals surface area contributed by atoms with E-state index in [1.54, 1.807) is 48.5 Å². The van der Waals surface area contributed by atoms with Crippen molar-refractivity contribution in [2.75, 3.05) is 0 Å². The van der Waals surface area contributed by atoms with Crippen molar-refractivity contribution in [1.82, 2.24) is 9.13 Å². The van der Waals surface area contributed by atoms with Crippen LogP contribution in [0.15, 0.2) is 80.9 Å². The highest BCUT2D eigenvalue weighted by Gasteiger charge is 2.17. The third kappa shape index (κ3) is 3.30. The van der Waals surface area contributed by atoms with Crippen LogP contribution in [0.4, 0.5) is 0 Å². The molecular formula is C21H15ClN2O4. The van der Waals surface area contributed by atoms with Gasteiger partial charge in [0.2, 0.25) is 0 Å². The third-order valence-electron chi connectivity index (χ3n) is 4.48. The van der Waals surface area contributed by atoms with Gasteiger partial charge in [-0.05, 0) is 30.3 Å². The maximum absolute atomic E-state index is 13.1. The fraction of sp³-hybridized carbons (Fsp3) is 0.0952. The highest BCUT2D eigenvalue weighted by Crippen LogP contribution is 2.16. The van der Waals surface area contributed by atoms with Gasteiger partial charge < -0.3 is 4.42 Å². The second-order valence-electron chi connectivity index (χ2n) is 6.29. The van der Waals surface area contributed by atoms with Crippen LogP contribution in [0, 0.1) is 0 Å². The van der Waals surface area contributed by atoms with Crippen LogP contribution < -0.4 is 11.2 Å². The first kappa shape index (κ1) is 18.0. The largest absolute Gasteiger partial charge is 0.467 e. The predicted molar refractivity (Wildman–Crippen MR) is 106 cm³/mol. The Hall–Kier alpha value is -3.38. The molecule has 0 amide bonds. The lowest BCUT2D eigenvalue weighted by molar-refractivity contribution is 0.0971. The van der Waals surface area contributed by atoms with Crippen LogP contribution >= 0.6 is 11.6 Å². The summed E-state index contributed by atoms with van der Waals surface area (Å²) >= 11 is 6.06. The van der Waals surface area contributed by atoms with Gasteiger partial charge in [-0.3, -0.25) is 18.7 Å². The van der Waals surface area contributed by atoms with E-state index in [9.17, 15) is 14.4 Å². The Morgan fingerprint density at radius 2 is 1.75 bits per heavy atom. The van der Waals surface area contributed by atoms with E-state index in [0.717, 1.165) is 4.57 Å². The summed E-state index contributed by atoms with van der Waals surface area (Å²) in [6, 6.07) is 16.7. The molecule has 4 rings (SSSR count). The molecule has 140 valence electrons. The molecule has 2 heterocycles. The lowest BCUT2D eigenvalue weighted by Gasteiger charge is -2.13. The van der Waals surface area contributed by atoms with Crippen molar-refractivity contribution >= 4 is 28.3 Å². The zero-order chi connectivity index (χ0) is 19.7. The summed E-state index contributed by atoms with van der Waals surface area (Å²) in [5, 5.41) is 0.633. The number of nitrogens with zero attached hydrogens (tertiary/aromatic N) is 2. The number of carbonyl (C=O) groups excluding carboxylic acids is 1. The predicted octanol–water partition coefficient (Wildman–Crippen LogP) is 3.34. The van der Waals surface area contributed by atoms with E-state index in [1.807, 2.05) is 6.07 Å². The number of furan rings is 1. The van der Waals surface area contributed by atoms with Crippen molar-refractivity contribution in [3.05, 3.63) is 104 Å². The van der Waals surface area contributed by atoms with Crippen LogP contribution in [0.25, 0.3) is 10.9 Å². The second-order valence-corrected chi connectivity index (χ2v) is 6.73. The van der Waals surface area contributed by atoms with Gasteiger partial charge in [0.05, 0.1) is 30.3 Å². The number of carbonyl (C=O) groups is 1. The van der Waals surface area contributed by atoms with Crippen LogP contribution in [0.2, 0.25) is 5.02 Å². The minimum atomic E-state index is -0.583. The molecule has 0 bridgehead atoms. The maximum Gasteiger partial charge on any atom is 0.332 e. The average Bonchev–Trinajstić information content (AvgIpc) is 3.22. The van der Waals surface area contributed by atoms with Gasteiger partial charge in [0.15, 0.2) is 5.78 Å². The van der Waals surface area contributed by atoms with Crippen LogP contribution in [-0.2, 0) is 13.1 Å². The SMILES string of the molecule is O=C(Cn1c(=O)n(Cc2ccco2)c(=O)c2cc(Cl)ccc21)c1ccccc1. The van der Waals surface area contributed by atoms with Crippen LogP contribution in [0.1, 0.15) is 16.1 Å². The van der Waals surface area contributed by atoms with E-state index < -0.39 is 11.2 Å². The van der Waals surface area contributed by atoms with Gasteiger partial charge in [0.1, 0.15) is 5.76 Å². The minimum Gasteiger partial charge on any atom is -0.467 e. The number of halogens is 1. The fourth-order valence-corrected chi connectivity index (χ4v) is 3.28. The molecule has 7 heteroatoms. The van der Waals surface area contributed by atoms with Gasteiger partial charge in [0.25, 0.3) is 5.56 Å². The second kappa shape index (κ2) is 7.32. The summed E-state index contributed by atoms with van der Waals surface area (Å²) in [7, 11) is 0. The first-order chi connectivity index (χ1) is 13.5. The Morgan fingerprint density at radius 1 is 0.964 bits per heavy atom. The monoisotopic (exact) mass is 394 g/mol. The fourth-order valence-electron chi connectivity index (χ4n) is 3.11. The third-order valence-corrected chi connectivity index (χ3v) is 4.71. The van der Waals surface area contributed by atoms with Crippen LogP contribution in [0.5, 0.6) is 0 Å². The highest BCUT2D eigenvalue weighted by atomic mass is 35.5. The van der Waals surface area contributed by atoms with Gasteiger partial charge >= 0.3 is 5.69 Å². The average molecular weight is 395 g/mol. The number of benzene rings is 2. The lowest BCUT2D eigenvalue weighted by Crippen LogP contribution is -2.41. The Morgan fingerprint density at radius 3 is 2.46 bits per heavy atom. The maximum atomic E-state index is 13.1. The molecule has 2 aromatic carbocycles. The molecule has 0 aliphatic carbocycles.